The number of hydrogen-bond donors (Lipinski definition) is 2. The highest BCUT2D eigenvalue weighted by Gasteiger charge is 2.18. The van der Waals surface area contributed by atoms with E-state index in [0.29, 0.717) is 0 Å². The fourth-order valence-electron chi connectivity index (χ4n) is 1.51. The first-order chi connectivity index (χ1) is 9.88. The van der Waals surface area contributed by atoms with Gasteiger partial charge in [-0.3, -0.25) is 14.9 Å². The first-order valence-corrected chi connectivity index (χ1v) is 5.82. The normalized spacial score (nSPS) is 11.6. The smallest absolute Gasteiger partial charge is 0.338 e. The van der Waals surface area contributed by atoms with Crippen LogP contribution in [0.1, 0.15) is 10.4 Å². The van der Waals surface area contributed by atoms with Crippen molar-refractivity contribution in [3.8, 4) is 0 Å². The number of hydrogen-bond acceptors (Lipinski definition) is 7. The Morgan fingerprint density at radius 1 is 1.38 bits per heavy atom. The van der Waals surface area contributed by atoms with Crippen LogP contribution in [0.5, 0.6) is 0 Å². The van der Waals surface area contributed by atoms with Crippen LogP contribution in [0, 0.1) is 10.1 Å². The number of nitrogens with two attached hydrogens (primary N) is 1. The van der Waals surface area contributed by atoms with Crippen molar-refractivity contribution < 1.29 is 24.0 Å². The van der Waals surface area contributed by atoms with Gasteiger partial charge >= 0.3 is 5.97 Å². The Morgan fingerprint density at radius 2 is 2.05 bits per heavy atom. The fourth-order valence-corrected chi connectivity index (χ4v) is 1.51. The van der Waals surface area contributed by atoms with Gasteiger partial charge in [-0.25, -0.2) is 4.79 Å². The van der Waals surface area contributed by atoms with E-state index in [4.69, 9.17) is 10.5 Å². The van der Waals surface area contributed by atoms with Crippen molar-refractivity contribution in [1.29, 1.82) is 0 Å². The lowest BCUT2D eigenvalue weighted by Crippen LogP contribution is -2.39. The molecule has 0 saturated heterocycles. The molecule has 0 aliphatic heterocycles. The number of benzene rings is 1. The number of methoxy groups -OCH3 is 2. The molecule has 0 aromatic heterocycles. The standard InChI is InChI=1S/C12H15N3O6/c1-20-6-10(13)11(16)14-8-3-7(12(17)21-2)4-9(5-8)15(18)19/h3-5,10H,6,13H2,1-2H3,(H,14,16). The summed E-state index contributed by atoms with van der Waals surface area (Å²) in [5.41, 5.74) is 5.20. The zero-order valence-electron chi connectivity index (χ0n) is 11.5. The second-order valence-corrected chi connectivity index (χ2v) is 4.07. The third-order valence-corrected chi connectivity index (χ3v) is 2.50. The molecule has 0 aliphatic rings. The molecule has 1 atom stereocenters. The summed E-state index contributed by atoms with van der Waals surface area (Å²) in [5, 5.41) is 13.2. The van der Waals surface area contributed by atoms with Crippen molar-refractivity contribution in [3.63, 3.8) is 0 Å². The zero-order chi connectivity index (χ0) is 16.0. The van der Waals surface area contributed by atoms with Gasteiger partial charge in [0.15, 0.2) is 0 Å². The van der Waals surface area contributed by atoms with E-state index in [2.05, 4.69) is 10.1 Å². The van der Waals surface area contributed by atoms with Gasteiger partial charge in [0, 0.05) is 24.9 Å². The van der Waals surface area contributed by atoms with Gasteiger partial charge in [0.25, 0.3) is 5.69 Å². The van der Waals surface area contributed by atoms with E-state index in [1.165, 1.54) is 13.2 Å². The molecule has 9 nitrogen and oxygen atoms in total. The van der Waals surface area contributed by atoms with Crippen LogP contribution < -0.4 is 11.1 Å². The number of ether oxygens (including phenoxy) is 2. The topological polar surface area (TPSA) is 134 Å². The number of nitro benzene ring substituents is 1. The zero-order valence-corrected chi connectivity index (χ0v) is 11.5. The van der Waals surface area contributed by atoms with E-state index < -0.39 is 22.8 Å². The molecule has 3 N–H and O–H groups in total. The molecule has 0 aliphatic carbocycles. The van der Waals surface area contributed by atoms with Crippen molar-refractivity contribution in [3.05, 3.63) is 33.9 Å². The number of anilines is 1. The molecular formula is C12H15N3O6. The van der Waals surface area contributed by atoms with Crippen molar-refractivity contribution in [2.75, 3.05) is 26.1 Å². The number of nitro groups is 1. The first kappa shape index (κ1) is 16.5. The molecule has 1 aromatic carbocycles. The average Bonchev–Trinajstić information content (AvgIpc) is 2.46. The molecule has 0 radical (unpaired) electrons. The lowest BCUT2D eigenvalue weighted by Gasteiger charge is -2.11. The number of rotatable bonds is 6. The van der Waals surface area contributed by atoms with Crippen molar-refractivity contribution in [2.45, 2.75) is 6.04 Å². The molecule has 9 heteroatoms. The summed E-state index contributed by atoms with van der Waals surface area (Å²) in [6.07, 6.45) is 0. The SMILES string of the molecule is COCC(N)C(=O)Nc1cc(C(=O)OC)cc([N+](=O)[O-])c1. The Balaban J connectivity index is 3.06. The molecule has 0 saturated carbocycles. The fraction of sp³-hybridized carbons (Fsp3) is 0.333. The third-order valence-electron chi connectivity index (χ3n) is 2.50. The molecular weight excluding hydrogens is 282 g/mol. The molecule has 0 heterocycles. The summed E-state index contributed by atoms with van der Waals surface area (Å²) < 4.78 is 9.23. The largest absolute Gasteiger partial charge is 0.465 e. The summed E-state index contributed by atoms with van der Waals surface area (Å²) >= 11 is 0. The van der Waals surface area contributed by atoms with Gasteiger partial charge in [0.1, 0.15) is 6.04 Å². The minimum absolute atomic E-state index is 0.00931. The van der Waals surface area contributed by atoms with Crippen molar-refractivity contribution in [1.82, 2.24) is 0 Å². The van der Waals surface area contributed by atoms with Crippen LogP contribution in [-0.2, 0) is 14.3 Å². The molecule has 0 spiro atoms. The number of non-ortho nitro benzene ring substituents is 1. The summed E-state index contributed by atoms with van der Waals surface area (Å²) in [7, 11) is 2.53. The van der Waals surface area contributed by atoms with E-state index in [1.807, 2.05) is 0 Å². The van der Waals surface area contributed by atoms with Crippen LogP contribution >= 0.6 is 0 Å². The Morgan fingerprint density at radius 3 is 2.57 bits per heavy atom. The summed E-state index contributed by atoms with van der Waals surface area (Å²) in [5.74, 6) is -1.34. The van der Waals surface area contributed by atoms with E-state index in [-0.39, 0.29) is 23.5 Å². The molecule has 0 fully saturated rings. The lowest BCUT2D eigenvalue weighted by atomic mass is 10.1. The average molecular weight is 297 g/mol. The van der Waals surface area contributed by atoms with Gasteiger partial charge in [0.2, 0.25) is 5.91 Å². The van der Waals surface area contributed by atoms with E-state index in [0.717, 1.165) is 19.2 Å². The monoisotopic (exact) mass is 297 g/mol. The number of carbonyl (C=O) groups excluding carboxylic acids is 2. The van der Waals surface area contributed by atoms with Gasteiger partial charge in [-0.2, -0.15) is 0 Å². The highest BCUT2D eigenvalue weighted by Crippen LogP contribution is 2.21. The molecule has 1 amide bonds. The van der Waals surface area contributed by atoms with Gasteiger partial charge < -0.3 is 20.5 Å². The number of nitrogens with zero attached hydrogens (tertiary/aromatic N) is 1. The maximum Gasteiger partial charge on any atom is 0.338 e. The molecule has 114 valence electrons. The Kier molecular flexibility index (Phi) is 5.76. The lowest BCUT2D eigenvalue weighted by molar-refractivity contribution is -0.384. The number of carbonyl (C=O) groups is 2. The summed E-state index contributed by atoms with van der Waals surface area (Å²) in [6.45, 7) is -0.00931. The van der Waals surface area contributed by atoms with Gasteiger partial charge in [-0.1, -0.05) is 0 Å². The predicted molar refractivity (Wildman–Crippen MR) is 72.9 cm³/mol. The minimum atomic E-state index is -0.934. The first-order valence-electron chi connectivity index (χ1n) is 5.82. The van der Waals surface area contributed by atoms with Crippen molar-refractivity contribution >= 4 is 23.3 Å². The number of amides is 1. The second kappa shape index (κ2) is 7.31. The van der Waals surface area contributed by atoms with Gasteiger partial charge in [0.05, 0.1) is 24.2 Å². The highest BCUT2D eigenvalue weighted by atomic mass is 16.6. The predicted octanol–water partition coefficient (Wildman–Crippen LogP) is 0.294. The molecule has 1 rings (SSSR count). The molecule has 1 aromatic rings. The summed E-state index contributed by atoms with van der Waals surface area (Å²) in [4.78, 5) is 33.3. The van der Waals surface area contributed by atoms with Crippen LogP contribution in [0.4, 0.5) is 11.4 Å². The van der Waals surface area contributed by atoms with E-state index in [9.17, 15) is 19.7 Å². The number of nitrogens with one attached hydrogen (secondary N) is 1. The van der Waals surface area contributed by atoms with Crippen LogP contribution in [0.2, 0.25) is 0 Å². The second-order valence-electron chi connectivity index (χ2n) is 4.07. The minimum Gasteiger partial charge on any atom is -0.465 e. The molecule has 21 heavy (non-hydrogen) atoms. The third kappa shape index (κ3) is 4.51. The van der Waals surface area contributed by atoms with Gasteiger partial charge in [-0.15, -0.1) is 0 Å². The van der Waals surface area contributed by atoms with Crippen LogP contribution in [0.3, 0.4) is 0 Å². The van der Waals surface area contributed by atoms with Crippen LogP contribution in [0.15, 0.2) is 18.2 Å². The maximum absolute atomic E-state index is 11.7. The van der Waals surface area contributed by atoms with E-state index in [1.54, 1.807) is 0 Å². The van der Waals surface area contributed by atoms with Crippen molar-refractivity contribution in [2.24, 2.45) is 5.73 Å². The Bertz CT molecular complexity index is 560. The molecule has 0 bridgehead atoms. The Hall–Kier alpha value is -2.52. The number of esters is 1. The maximum atomic E-state index is 11.7. The van der Waals surface area contributed by atoms with E-state index >= 15 is 0 Å². The van der Waals surface area contributed by atoms with Gasteiger partial charge in [-0.05, 0) is 6.07 Å². The van der Waals surface area contributed by atoms with Crippen LogP contribution in [-0.4, -0.2) is 43.7 Å². The summed E-state index contributed by atoms with van der Waals surface area (Å²) in [6, 6.07) is 2.49. The highest BCUT2D eigenvalue weighted by molar-refractivity contribution is 5.97. The molecule has 1 unspecified atom stereocenters. The quantitative estimate of drug-likeness (QED) is 0.438. The Labute approximate surface area is 120 Å². The van der Waals surface area contributed by atoms with Crippen LogP contribution in [0.25, 0.3) is 0 Å².